The second kappa shape index (κ2) is 11.1. The van der Waals surface area contributed by atoms with Gasteiger partial charge in [-0.15, -0.1) is 0 Å². The molecule has 2 N–H and O–H groups in total. The molecule has 0 bridgehead atoms. The molecule has 0 saturated carbocycles. The number of rotatable bonds is 7. The van der Waals surface area contributed by atoms with Crippen LogP contribution in [0.3, 0.4) is 0 Å². The third kappa shape index (κ3) is 5.67. The molecule has 1 aliphatic carbocycles. The number of hydrogen-bond donors (Lipinski definition) is 2. The van der Waals surface area contributed by atoms with Crippen molar-refractivity contribution in [1.29, 1.82) is 0 Å². The van der Waals surface area contributed by atoms with Crippen LogP contribution in [0, 0.1) is 13.8 Å². The molecule has 192 valence electrons. The molecule has 0 saturated heterocycles. The molecule has 0 heterocycles. The lowest BCUT2D eigenvalue weighted by Gasteiger charge is -2.33. The predicted molar refractivity (Wildman–Crippen MR) is 164 cm³/mol. The smallest absolute Gasteiger partial charge is 0.0640 e. The molecule has 4 aromatic rings. The highest BCUT2D eigenvalue weighted by molar-refractivity contribution is 6.33. The Hall–Kier alpha value is -3.46. The maximum atomic E-state index is 6.44. The van der Waals surface area contributed by atoms with Gasteiger partial charge >= 0.3 is 0 Å². The number of halogens is 2. The maximum absolute atomic E-state index is 6.44. The Kier molecular flexibility index (Phi) is 7.65. The van der Waals surface area contributed by atoms with Gasteiger partial charge in [0.25, 0.3) is 0 Å². The maximum Gasteiger partial charge on any atom is 0.0640 e. The van der Waals surface area contributed by atoms with E-state index in [1.54, 1.807) is 0 Å². The van der Waals surface area contributed by atoms with Gasteiger partial charge in [-0.25, -0.2) is 0 Å². The highest BCUT2D eigenvalue weighted by atomic mass is 35.5. The fourth-order valence-corrected chi connectivity index (χ4v) is 5.57. The normalized spacial score (nSPS) is 17.6. The third-order valence-corrected chi connectivity index (χ3v) is 7.92. The van der Waals surface area contributed by atoms with E-state index in [2.05, 4.69) is 92.1 Å². The third-order valence-electron chi connectivity index (χ3n) is 7.26. The fourth-order valence-electron chi connectivity index (χ4n) is 5.21. The molecule has 1 aliphatic rings. The van der Waals surface area contributed by atoms with Gasteiger partial charge in [0.15, 0.2) is 0 Å². The first-order valence-electron chi connectivity index (χ1n) is 12.9. The summed E-state index contributed by atoms with van der Waals surface area (Å²) in [4.78, 5) is 0. The predicted octanol–water partition coefficient (Wildman–Crippen LogP) is 10.2. The summed E-state index contributed by atoms with van der Waals surface area (Å²) in [7, 11) is 0. The molecule has 2 unspecified atom stereocenters. The van der Waals surface area contributed by atoms with Gasteiger partial charge in [-0.1, -0.05) is 96.0 Å². The Bertz CT molecular complexity index is 1480. The van der Waals surface area contributed by atoms with Gasteiger partial charge < -0.3 is 10.6 Å². The Morgan fingerprint density at radius 1 is 0.737 bits per heavy atom. The first kappa shape index (κ1) is 26.2. The van der Waals surface area contributed by atoms with Crippen LogP contribution >= 0.6 is 23.2 Å². The topological polar surface area (TPSA) is 24.1 Å². The van der Waals surface area contributed by atoms with Gasteiger partial charge in [0, 0.05) is 11.6 Å². The lowest BCUT2D eigenvalue weighted by molar-refractivity contribution is 0.632. The lowest BCUT2D eigenvalue weighted by atomic mass is 9.77. The average molecular weight is 540 g/mol. The molecule has 38 heavy (non-hydrogen) atoms. The Labute approximate surface area is 236 Å². The van der Waals surface area contributed by atoms with Crippen LogP contribution in [0.15, 0.2) is 115 Å². The molecule has 2 nitrogen and oxygen atoms in total. The molecular formula is C34H32Cl2N2. The van der Waals surface area contributed by atoms with Crippen molar-refractivity contribution in [2.45, 2.75) is 38.6 Å². The molecule has 0 fully saturated rings. The number of anilines is 3. The number of benzene rings is 4. The van der Waals surface area contributed by atoms with E-state index in [4.69, 9.17) is 23.2 Å². The van der Waals surface area contributed by atoms with Crippen molar-refractivity contribution in [3.8, 4) is 0 Å². The monoisotopic (exact) mass is 538 g/mol. The van der Waals surface area contributed by atoms with E-state index in [9.17, 15) is 0 Å². The second-order valence-corrected chi connectivity index (χ2v) is 11.0. The minimum atomic E-state index is -0.220. The minimum absolute atomic E-state index is 0.131. The van der Waals surface area contributed by atoms with E-state index in [1.807, 2.05) is 48.5 Å². The summed E-state index contributed by atoms with van der Waals surface area (Å²) in [5, 5.41) is 8.52. The minimum Gasteiger partial charge on any atom is -0.375 e. The molecule has 5 rings (SSSR count). The van der Waals surface area contributed by atoms with Crippen molar-refractivity contribution in [1.82, 2.24) is 0 Å². The molecular weight excluding hydrogens is 507 g/mol. The molecule has 0 radical (unpaired) electrons. The second-order valence-electron chi connectivity index (χ2n) is 10.2. The van der Waals surface area contributed by atoms with Gasteiger partial charge in [0.2, 0.25) is 0 Å². The fraction of sp³-hybridized carbons (Fsp3) is 0.176. The molecule has 0 amide bonds. The highest BCUT2D eigenvalue weighted by Gasteiger charge is 2.28. The van der Waals surface area contributed by atoms with Gasteiger partial charge in [0.1, 0.15) is 0 Å². The zero-order chi connectivity index (χ0) is 26.7. The summed E-state index contributed by atoms with van der Waals surface area (Å²) in [5.74, 6) is 0.131. The van der Waals surface area contributed by atoms with Crippen LogP contribution < -0.4 is 10.6 Å². The van der Waals surface area contributed by atoms with Crippen molar-refractivity contribution in [3.63, 3.8) is 0 Å². The van der Waals surface area contributed by atoms with E-state index < -0.39 is 0 Å². The van der Waals surface area contributed by atoms with Crippen LogP contribution in [0.2, 0.25) is 10.0 Å². The van der Waals surface area contributed by atoms with Gasteiger partial charge in [0.05, 0.1) is 27.0 Å². The van der Waals surface area contributed by atoms with Crippen LogP contribution in [0.4, 0.5) is 17.1 Å². The lowest BCUT2D eigenvalue weighted by Crippen LogP contribution is -2.33. The number of allylic oxidation sites excluding steroid dienone is 2. The van der Waals surface area contributed by atoms with Crippen LogP contribution in [0.5, 0.6) is 0 Å². The van der Waals surface area contributed by atoms with E-state index in [0.29, 0.717) is 5.02 Å². The molecule has 4 aromatic carbocycles. The summed E-state index contributed by atoms with van der Waals surface area (Å²) >= 11 is 12.8. The Morgan fingerprint density at radius 3 is 1.92 bits per heavy atom. The van der Waals surface area contributed by atoms with Crippen molar-refractivity contribution in [2.75, 3.05) is 10.6 Å². The van der Waals surface area contributed by atoms with Crippen molar-refractivity contribution in [3.05, 3.63) is 147 Å². The molecule has 2 atom stereocenters. The number of hydrogen-bond acceptors (Lipinski definition) is 2. The van der Waals surface area contributed by atoms with E-state index in [0.717, 1.165) is 28.5 Å². The highest BCUT2D eigenvalue weighted by Crippen LogP contribution is 2.40. The summed E-state index contributed by atoms with van der Waals surface area (Å²) in [5.41, 5.74) is 9.14. The van der Waals surface area contributed by atoms with Crippen LogP contribution in [-0.2, 0) is 0 Å². The van der Waals surface area contributed by atoms with E-state index in [-0.39, 0.29) is 11.5 Å². The van der Waals surface area contributed by atoms with Crippen molar-refractivity contribution >= 4 is 40.3 Å². The Balaban J connectivity index is 1.46. The van der Waals surface area contributed by atoms with E-state index in [1.165, 1.54) is 27.8 Å². The zero-order valence-corrected chi connectivity index (χ0v) is 23.4. The summed E-state index contributed by atoms with van der Waals surface area (Å²) in [6.45, 7) is 6.63. The average Bonchev–Trinajstić information content (AvgIpc) is 2.90. The van der Waals surface area contributed by atoms with Gasteiger partial charge in [-0.3, -0.25) is 0 Å². The number of nitrogens with one attached hydrogen (secondary N) is 2. The summed E-state index contributed by atoms with van der Waals surface area (Å²) < 4.78 is 0. The van der Waals surface area contributed by atoms with E-state index >= 15 is 0 Å². The quantitative estimate of drug-likeness (QED) is 0.244. The first-order valence-corrected chi connectivity index (χ1v) is 13.7. The molecule has 4 heteroatoms. The summed E-state index contributed by atoms with van der Waals surface area (Å²) in [6, 6.07) is 31.0. The SMILES string of the molecule is Cc1cccc(C)c1C(C1=CCC(C)(Nc2ccccc2Cl)C=C1)c1ccc(Nc2ccccc2Cl)cc1. The summed E-state index contributed by atoms with van der Waals surface area (Å²) in [6.07, 6.45) is 7.79. The first-order chi connectivity index (χ1) is 18.3. The number of para-hydroxylation sites is 2. The molecule has 0 spiro atoms. The Morgan fingerprint density at radius 2 is 1.34 bits per heavy atom. The zero-order valence-electron chi connectivity index (χ0n) is 21.9. The largest absolute Gasteiger partial charge is 0.375 e. The number of aryl methyl sites for hydroxylation is 2. The standard InChI is InChI=1S/C34H32Cl2N2/c1-23-9-8-10-24(2)32(23)33(25-15-17-27(18-16-25)37-30-13-6-4-11-28(30)35)26-19-21-34(3,22-20-26)38-31-14-7-5-12-29(31)36/h4-21,33,37-38H,22H2,1-3H3. The van der Waals surface area contributed by atoms with Crippen molar-refractivity contribution < 1.29 is 0 Å². The molecule has 0 aromatic heterocycles. The van der Waals surface area contributed by atoms with Crippen LogP contribution in [0.25, 0.3) is 0 Å². The van der Waals surface area contributed by atoms with Gasteiger partial charge in [-0.05, 0) is 91.4 Å². The van der Waals surface area contributed by atoms with Gasteiger partial charge in [-0.2, -0.15) is 0 Å². The van der Waals surface area contributed by atoms with Crippen molar-refractivity contribution in [2.24, 2.45) is 0 Å². The molecule has 0 aliphatic heterocycles. The van der Waals surface area contributed by atoms with Crippen LogP contribution in [0.1, 0.15) is 41.5 Å². The van der Waals surface area contributed by atoms with Crippen LogP contribution in [-0.4, -0.2) is 5.54 Å².